The van der Waals surface area contributed by atoms with E-state index in [1.165, 1.54) is 12.1 Å². The zero-order valence-electron chi connectivity index (χ0n) is 10.7. The molecule has 0 radical (unpaired) electrons. The molecule has 0 saturated heterocycles. The fourth-order valence-electron chi connectivity index (χ4n) is 2.44. The standard InChI is InChI=1S/C13H13N5O2/c14-17-13-10-5-2-6-11(10)15-12(16-13)8-3-1-4-9(7-8)18(19)20/h1,3-4,7H,2,5-6,14H2,(H,15,16,17). The molecule has 0 saturated carbocycles. The second kappa shape index (κ2) is 4.86. The molecule has 3 rings (SSSR count). The smallest absolute Gasteiger partial charge is 0.270 e. The minimum Gasteiger partial charge on any atom is -0.308 e. The van der Waals surface area contributed by atoms with Crippen LogP contribution in [-0.4, -0.2) is 14.9 Å². The van der Waals surface area contributed by atoms with Gasteiger partial charge in [-0.05, 0) is 19.3 Å². The maximum absolute atomic E-state index is 10.8. The van der Waals surface area contributed by atoms with E-state index >= 15 is 0 Å². The summed E-state index contributed by atoms with van der Waals surface area (Å²) in [6.45, 7) is 0. The van der Waals surface area contributed by atoms with Crippen molar-refractivity contribution in [2.24, 2.45) is 5.84 Å². The molecule has 0 unspecified atom stereocenters. The molecule has 0 spiro atoms. The number of nitrogen functional groups attached to an aromatic ring is 1. The first kappa shape index (κ1) is 12.5. The topological polar surface area (TPSA) is 107 Å². The van der Waals surface area contributed by atoms with E-state index in [9.17, 15) is 10.1 Å². The molecule has 20 heavy (non-hydrogen) atoms. The van der Waals surface area contributed by atoms with Gasteiger partial charge in [0.1, 0.15) is 5.82 Å². The largest absolute Gasteiger partial charge is 0.308 e. The normalized spacial score (nSPS) is 13.1. The molecule has 0 fully saturated rings. The number of nitro benzene ring substituents is 1. The Kier molecular flexibility index (Phi) is 3.03. The van der Waals surface area contributed by atoms with Crippen LogP contribution in [0.1, 0.15) is 17.7 Å². The number of nitro groups is 1. The molecule has 1 aliphatic carbocycles. The van der Waals surface area contributed by atoms with Gasteiger partial charge >= 0.3 is 0 Å². The number of benzene rings is 1. The van der Waals surface area contributed by atoms with Gasteiger partial charge in [0.15, 0.2) is 5.82 Å². The lowest BCUT2D eigenvalue weighted by molar-refractivity contribution is -0.384. The number of hydrogen-bond donors (Lipinski definition) is 2. The number of hydrogen-bond acceptors (Lipinski definition) is 6. The molecule has 1 aromatic heterocycles. The van der Waals surface area contributed by atoms with Crippen LogP contribution in [-0.2, 0) is 12.8 Å². The van der Waals surface area contributed by atoms with Gasteiger partial charge in [0.05, 0.1) is 4.92 Å². The lowest BCUT2D eigenvalue weighted by atomic mass is 10.1. The number of non-ortho nitro benzene ring substituents is 1. The fourth-order valence-corrected chi connectivity index (χ4v) is 2.44. The molecule has 7 nitrogen and oxygen atoms in total. The summed E-state index contributed by atoms with van der Waals surface area (Å²) in [4.78, 5) is 19.3. The lowest BCUT2D eigenvalue weighted by Gasteiger charge is -2.09. The highest BCUT2D eigenvalue weighted by atomic mass is 16.6. The Hall–Kier alpha value is -2.54. The third kappa shape index (κ3) is 2.08. The number of fused-ring (bicyclic) bond motifs is 1. The lowest BCUT2D eigenvalue weighted by Crippen LogP contribution is -2.12. The summed E-state index contributed by atoms with van der Waals surface area (Å²) in [7, 11) is 0. The molecular formula is C13H13N5O2. The van der Waals surface area contributed by atoms with E-state index in [1.54, 1.807) is 12.1 Å². The highest BCUT2D eigenvalue weighted by molar-refractivity contribution is 5.63. The van der Waals surface area contributed by atoms with Gasteiger partial charge in [0, 0.05) is 29.0 Å². The first-order chi connectivity index (χ1) is 9.69. The van der Waals surface area contributed by atoms with Crippen LogP contribution in [0.2, 0.25) is 0 Å². The molecule has 0 amide bonds. The maximum atomic E-state index is 10.8. The SMILES string of the molecule is NNc1nc(-c2cccc([N+](=O)[O-])c2)nc2c1CCC2. The number of hydrazine groups is 1. The third-order valence-electron chi connectivity index (χ3n) is 3.39. The predicted molar refractivity (Wildman–Crippen MR) is 74.0 cm³/mol. The molecule has 0 aliphatic heterocycles. The van der Waals surface area contributed by atoms with Crippen molar-refractivity contribution in [2.45, 2.75) is 19.3 Å². The van der Waals surface area contributed by atoms with Gasteiger partial charge in [-0.25, -0.2) is 15.8 Å². The van der Waals surface area contributed by atoms with Crippen molar-refractivity contribution >= 4 is 11.5 Å². The minimum atomic E-state index is -0.432. The number of nitrogens with zero attached hydrogens (tertiary/aromatic N) is 3. The van der Waals surface area contributed by atoms with Crippen LogP contribution in [0.25, 0.3) is 11.4 Å². The van der Waals surface area contributed by atoms with Crippen LogP contribution >= 0.6 is 0 Å². The van der Waals surface area contributed by atoms with E-state index in [-0.39, 0.29) is 5.69 Å². The Morgan fingerprint density at radius 2 is 2.15 bits per heavy atom. The first-order valence-corrected chi connectivity index (χ1v) is 6.30. The van der Waals surface area contributed by atoms with E-state index in [1.807, 2.05) is 0 Å². The molecule has 0 atom stereocenters. The average Bonchev–Trinajstić information content (AvgIpc) is 2.94. The van der Waals surface area contributed by atoms with Crippen LogP contribution in [0.15, 0.2) is 24.3 Å². The van der Waals surface area contributed by atoms with E-state index in [2.05, 4.69) is 15.4 Å². The summed E-state index contributed by atoms with van der Waals surface area (Å²) < 4.78 is 0. The van der Waals surface area contributed by atoms with Crippen LogP contribution in [0.3, 0.4) is 0 Å². The summed E-state index contributed by atoms with van der Waals surface area (Å²) in [5, 5.41) is 10.8. The predicted octanol–water partition coefficient (Wildman–Crippen LogP) is 1.83. The highest BCUT2D eigenvalue weighted by Crippen LogP contribution is 2.29. The Bertz CT molecular complexity index is 686. The van der Waals surface area contributed by atoms with Crippen LogP contribution in [0.4, 0.5) is 11.5 Å². The molecule has 1 aromatic carbocycles. The van der Waals surface area contributed by atoms with Crippen molar-refractivity contribution in [1.29, 1.82) is 0 Å². The zero-order valence-corrected chi connectivity index (χ0v) is 10.7. The summed E-state index contributed by atoms with van der Waals surface area (Å²) >= 11 is 0. The molecule has 7 heteroatoms. The van der Waals surface area contributed by atoms with E-state index in [0.29, 0.717) is 17.2 Å². The van der Waals surface area contributed by atoms with Gasteiger partial charge in [0.25, 0.3) is 5.69 Å². The number of aryl methyl sites for hydroxylation is 1. The van der Waals surface area contributed by atoms with E-state index < -0.39 is 4.92 Å². The number of nitrogens with two attached hydrogens (primary N) is 1. The van der Waals surface area contributed by atoms with Crippen molar-refractivity contribution in [1.82, 2.24) is 9.97 Å². The van der Waals surface area contributed by atoms with E-state index in [0.717, 1.165) is 30.5 Å². The third-order valence-corrected chi connectivity index (χ3v) is 3.39. The minimum absolute atomic E-state index is 0.0221. The van der Waals surface area contributed by atoms with Crippen molar-refractivity contribution in [3.05, 3.63) is 45.6 Å². The summed E-state index contributed by atoms with van der Waals surface area (Å²) in [5.41, 5.74) is 5.24. The van der Waals surface area contributed by atoms with Gasteiger partial charge in [-0.1, -0.05) is 12.1 Å². The van der Waals surface area contributed by atoms with Crippen molar-refractivity contribution < 1.29 is 4.92 Å². The Morgan fingerprint density at radius 1 is 1.30 bits per heavy atom. The molecule has 102 valence electrons. The fraction of sp³-hybridized carbons (Fsp3) is 0.231. The number of nitrogens with one attached hydrogen (secondary N) is 1. The monoisotopic (exact) mass is 271 g/mol. The molecule has 1 heterocycles. The molecule has 2 aromatic rings. The maximum Gasteiger partial charge on any atom is 0.270 e. The molecule has 1 aliphatic rings. The Morgan fingerprint density at radius 3 is 2.90 bits per heavy atom. The summed E-state index contributed by atoms with van der Waals surface area (Å²) in [6.07, 6.45) is 2.82. The number of rotatable bonds is 3. The summed E-state index contributed by atoms with van der Waals surface area (Å²) in [5.74, 6) is 6.57. The summed E-state index contributed by atoms with van der Waals surface area (Å²) in [6, 6.07) is 6.29. The molecule has 0 bridgehead atoms. The van der Waals surface area contributed by atoms with Gasteiger partial charge in [-0.2, -0.15) is 0 Å². The Labute approximate surface area is 115 Å². The quantitative estimate of drug-likeness (QED) is 0.501. The van der Waals surface area contributed by atoms with Gasteiger partial charge < -0.3 is 5.43 Å². The van der Waals surface area contributed by atoms with Crippen LogP contribution in [0, 0.1) is 10.1 Å². The highest BCUT2D eigenvalue weighted by Gasteiger charge is 2.20. The average molecular weight is 271 g/mol. The first-order valence-electron chi connectivity index (χ1n) is 6.30. The molecule has 3 N–H and O–H groups in total. The zero-order chi connectivity index (χ0) is 14.1. The van der Waals surface area contributed by atoms with Crippen molar-refractivity contribution in [3.8, 4) is 11.4 Å². The van der Waals surface area contributed by atoms with Crippen LogP contribution in [0.5, 0.6) is 0 Å². The van der Waals surface area contributed by atoms with Gasteiger partial charge in [0.2, 0.25) is 0 Å². The van der Waals surface area contributed by atoms with Crippen molar-refractivity contribution in [2.75, 3.05) is 5.43 Å². The number of aromatic nitrogens is 2. The van der Waals surface area contributed by atoms with Gasteiger partial charge in [-0.15, -0.1) is 0 Å². The van der Waals surface area contributed by atoms with E-state index in [4.69, 9.17) is 5.84 Å². The second-order valence-corrected chi connectivity index (χ2v) is 4.63. The number of anilines is 1. The molecular weight excluding hydrogens is 258 g/mol. The van der Waals surface area contributed by atoms with Gasteiger partial charge in [-0.3, -0.25) is 10.1 Å². The Balaban J connectivity index is 2.11. The van der Waals surface area contributed by atoms with Crippen LogP contribution < -0.4 is 11.3 Å². The van der Waals surface area contributed by atoms with Crippen molar-refractivity contribution in [3.63, 3.8) is 0 Å². The second-order valence-electron chi connectivity index (χ2n) is 4.63.